The fraction of sp³-hybridized carbons (Fsp3) is 0.0556. The van der Waals surface area contributed by atoms with Crippen molar-refractivity contribution in [2.24, 2.45) is 0 Å². The summed E-state index contributed by atoms with van der Waals surface area (Å²) in [6.45, 7) is 0. The van der Waals surface area contributed by atoms with Crippen LogP contribution in [0.5, 0.6) is 11.5 Å². The van der Waals surface area contributed by atoms with E-state index in [4.69, 9.17) is 4.74 Å². The molecule has 5 heteroatoms. The maximum atomic E-state index is 11.6. The number of hydrogen-bond acceptors (Lipinski definition) is 3. The Hall–Kier alpha value is -2.53. The monoisotopic (exact) mass is 372 g/mol. The summed E-state index contributed by atoms with van der Waals surface area (Å²) >= 11 is 3.37. The van der Waals surface area contributed by atoms with Crippen molar-refractivity contribution >= 4 is 32.7 Å². The van der Waals surface area contributed by atoms with Gasteiger partial charge in [-0.1, -0.05) is 28.1 Å². The molecule has 0 spiro atoms. The van der Waals surface area contributed by atoms with Crippen LogP contribution in [-0.2, 0) is 0 Å². The first kappa shape index (κ1) is 15.4. The molecular weight excluding hydrogens is 360 g/mol. The molecule has 0 aliphatic rings. The molecule has 0 aliphatic heterocycles. The van der Waals surface area contributed by atoms with Crippen LogP contribution in [0.3, 0.4) is 0 Å². The summed E-state index contributed by atoms with van der Waals surface area (Å²) in [5, 5.41) is 20.9. The van der Waals surface area contributed by atoms with Gasteiger partial charge in [0.15, 0.2) is 0 Å². The zero-order valence-corrected chi connectivity index (χ0v) is 13.8. The second-order valence-electron chi connectivity index (χ2n) is 5.04. The van der Waals surface area contributed by atoms with Crippen molar-refractivity contribution in [1.29, 1.82) is 0 Å². The molecule has 4 nitrogen and oxygen atoms in total. The second-order valence-corrected chi connectivity index (χ2v) is 5.96. The SMILES string of the molecule is COc1ccc2c(-c3ccc(Br)cc3)c(C(=O)O)cc(O)c2c1. The Morgan fingerprint density at radius 2 is 1.74 bits per heavy atom. The minimum Gasteiger partial charge on any atom is -0.507 e. The number of phenols is 1. The van der Waals surface area contributed by atoms with E-state index in [1.165, 1.54) is 6.07 Å². The number of rotatable bonds is 3. The lowest BCUT2D eigenvalue weighted by Crippen LogP contribution is -2.01. The molecule has 2 N–H and O–H groups in total. The van der Waals surface area contributed by atoms with Gasteiger partial charge in [-0.2, -0.15) is 0 Å². The third-order valence-electron chi connectivity index (χ3n) is 3.69. The highest BCUT2D eigenvalue weighted by Crippen LogP contribution is 2.39. The number of fused-ring (bicyclic) bond motifs is 1. The van der Waals surface area contributed by atoms with Crippen LogP contribution in [0.25, 0.3) is 21.9 Å². The van der Waals surface area contributed by atoms with Crippen molar-refractivity contribution in [3.63, 3.8) is 0 Å². The van der Waals surface area contributed by atoms with E-state index in [2.05, 4.69) is 15.9 Å². The van der Waals surface area contributed by atoms with E-state index in [1.54, 1.807) is 25.3 Å². The summed E-state index contributed by atoms with van der Waals surface area (Å²) in [5.41, 5.74) is 1.39. The Kier molecular flexibility index (Phi) is 3.96. The molecule has 0 atom stereocenters. The molecule has 116 valence electrons. The Balaban J connectivity index is 2.41. The normalized spacial score (nSPS) is 10.7. The van der Waals surface area contributed by atoms with Crippen LogP contribution in [-0.4, -0.2) is 23.3 Å². The van der Waals surface area contributed by atoms with Gasteiger partial charge in [0.2, 0.25) is 0 Å². The van der Waals surface area contributed by atoms with Gasteiger partial charge in [-0.25, -0.2) is 4.79 Å². The minimum absolute atomic E-state index is 0.0579. The van der Waals surface area contributed by atoms with Crippen molar-refractivity contribution < 1.29 is 19.7 Å². The molecule has 3 aromatic carbocycles. The van der Waals surface area contributed by atoms with Crippen LogP contribution in [0.2, 0.25) is 0 Å². The predicted octanol–water partition coefficient (Wildman–Crippen LogP) is 4.68. The first-order valence-corrected chi connectivity index (χ1v) is 7.63. The van der Waals surface area contributed by atoms with Gasteiger partial charge < -0.3 is 14.9 Å². The molecule has 0 fully saturated rings. The summed E-state index contributed by atoms with van der Waals surface area (Å²) in [4.78, 5) is 11.6. The van der Waals surface area contributed by atoms with E-state index in [0.29, 0.717) is 22.1 Å². The molecule has 23 heavy (non-hydrogen) atoms. The topological polar surface area (TPSA) is 66.8 Å². The van der Waals surface area contributed by atoms with E-state index in [1.807, 2.05) is 24.3 Å². The van der Waals surface area contributed by atoms with Gasteiger partial charge in [0.05, 0.1) is 12.7 Å². The quantitative estimate of drug-likeness (QED) is 0.700. The highest BCUT2D eigenvalue weighted by Gasteiger charge is 2.18. The highest BCUT2D eigenvalue weighted by molar-refractivity contribution is 9.10. The maximum absolute atomic E-state index is 11.6. The smallest absolute Gasteiger partial charge is 0.336 e. The number of carbonyl (C=O) groups is 1. The summed E-state index contributed by atoms with van der Waals surface area (Å²) in [7, 11) is 1.54. The van der Waals surface area contributed by atoms with Gasteiger partial charge in [0.25, 0.3) is 0 Å². The molecule has 3 aromatic rings. The molecule has 0 aromatic heterocycles. The summed E-state index contributed by atoms with van der Waals surface area (Å²) in [6, 6.07) is 13.9. The van der Waals surface area contributed by atoms with Crippen LogP contribution < -0.4 is 4.74 Å². The summed E-state index contributed by atoms with van der Waals surface area (Å²) in [5.74, 6) is -0.578. The number of carboxylic acids is 1. The lowest BCUT2D eigenvalue weighted by molar-refractivity contribution is 0.0697. The predicted molar refractivity (Wildman–Crippen MR) is 92.3 cm³/mol. The summed E-state index contributed by atoms with van der Waals surface area (Å²) in [6.07, 6.45) is 0. The van der Waals surface area contributed by atoms with Crippen molar-refractivity contribution in [2.45, 2.75) is 0 Å². The molecule has 0 saturated heterocycles. The molecule has 0 radical (unpaired) electrons. The fourth-order valence-corrected chi connectivity index (χ4v) is 2.87. The average molecular weight is 373 g/mol. The van der Waals surface area contributed by atoms with Crippen molar-refractivity contribution in [1.82, 2.24) is 0 Å². The van der Waals surface area contributed by atoms with Crippen LogP contribution in [0.15, 0.2) is 53.0 Å². The van der Waals surface area contributed by atoms with E-state index in [0.717, 1.165) is 10.0 Å². The second kappa shape index (κ2) is 5.93. The highest BCUT2D eigenvalue weighted by atomic mass is 79.9. The lowest BCUT2D eigenvalue weighted by atomic mass is 9.92. The van der Waals surface area contributed by atoms with Gasteiger partial charge in [-0.3, -0.25) is 0 Å². The molecule has 3 rings (SSSR count). The molecule has 0 amide bonds. The van der Waals surface area contributed by atoms with Crippen molar-refractivity contribution in [2.75, 3.05) is 7.11 Å². The molecule has 0 saturated carbocycles. The minimum atomic E-state index is -1.09. The number of methoxy groups -OCH3 is 1. The van der Waals surface area contributed by atoms with Crippen molar-refractivity contribution in [3.05, 3.63) is 58.6 Å². The number of ether oxygens (including phenoxy) is 1. The van der Waals surface area contributed by atoms with Crippen LogP contribution >= 0.6 is 15.9 Å². The standard InChI is InChI=1S/C18H13BrO4/c1-23-12-6-7-13-14(8-12)16(20)9-15(18(21)22)17(13)10-2-4-11(19)5-3-10/h2-9,20H,1H3,(H,21,22). The zero-order chi connectivity index (χ0) is 16.6. The molecule has 0 bridgehead atoms. The maximum Gasteiger partial charge on any atom is 0.336 e. The first-order chi connectivity index (χ1) is 11.0. The Morgan fingerprint density at radius 1 is 1.04 bits per heavy atom. The lowest BCUT2D eigenvalue weighted by Gasteiger charge is -2.13. The van der Waals surface area contributed by atoms with Crippen LogP contribution in [0.4, 0.5) is 0 Å². The number of aromatic carboxylic acids is 1. The largest absolute Gasteiger partial charge is 0.507 e. The third-order valence-corrected chi connectivity index (χ3v) is 4.21. The van der Waals surface area contributed by atoms with E-state index in [-0.39, 0.29) is 11.3 Å². The van der Waals surface area contributed by atoms with Gasteiger partial charge in [-0.15, -0.1) is 0 Å². The zero-order valence-electron chi connectivity index (χ0n) is 12.2. The number of aromatic hydroxyl groups is 1. The Morgan fingerprint density at radius 3 is 2.35 bits per heavy atom. The fourth-order valence-electron chi connectivity index (χ4n) is 2.61. The van der Waals surface area contributed by atoms with Gasteiger partial charge in [0.1, 0.15) is 11.5 Å². The van der Waals surface area contributed by atoms with Crippen molar-refractivity contribution in [3.8, 4) is 22.6 Å². The number of phenolic OH excluding ortho intramolecular Hbond substituents is 1. The Labute approximate surface area is 141 Å². The van der Waals surface area contributed by atoms with Crippen LogP contribution in [0, 0.1) is 0 Å². The molecule has 0 heterocycles. The number of halogens is 1. The molecule has 0 aliphatic carbocycles. The summed E-state index contributed by atoms with van der Waals surface area (Å²) < 4.78 is 6.09. The number of carboxylic acid groups (broad SMARTS) is 1. The molecular formula is C18H13BrO4. The van der Waals surface area contributed by atoms with Gasteiger partial charge >= 0.3 is 5.97 Å². The Bertz CT molecular complexity index is 901. The van der Waals surface area contributed by atoms with E-state index >= 15 is 0 Å². The van der Waals surface area contributed by atoms with Gasteiger partial charge in [-0.05, 0) is 47.3 Å². The van der Waals surface area contributed by atoms with Gasteiger partial charge in [0, 0.05) is 15.4 Å². The number of hydrogen-bond donors (Lipinski definition) is 2. The molecule has 0 unspecified atom stereocenters. The first-order valence-electron chi connectivity index (χ1n) is 6.84. The third kappa shape index (κ3) is 2.75. The van der Waals surface area contributed by atoms with E-state index < -0.39 is 5.97 Å². The van der Waals surface area contributed by atoms with Crippen LogP contribution in [0.1, 0.15) is 10.4 Å². The number of benzene rings is 3. The average Bonchev–Trinajstić information content (AvgIpc) is 2.55. The van der Waals surface area contributed by atoms with E-state index in [9.17, 15) is 15.0 Å².